The van der Waals surface area contributed by atoms with Crippen LogP contribution in [0.15, 0.2) is 472 Å². The van der Waals surface area contributed by atoms with E-state index >= 15 is 0 Å². The number of nitrogens with zero attached hydrogens (tertiary/aromatic N) is 2. The van der Waals surface area contributed by atoms with Gasteiger partial charge >= 0.3 is 66.2 Å². The average Bonchev–Trinajstić information content (AvgIpc) is 0.824. The summed E-state index contributed by atoms with van der Waals surface area (Å²) in [6.07, 6.45) is 1.71. The molecule has 22 heteroatoms. The first-order valence-corrected chi connectivity index (χ1v) is 46.8. The van der Waals surface area contributed by atoms with Crippen molar-refractivity contribution in [3.05, 3.63) is 501 Å². The number of ether oxygens (including phenoxy) is 1. The van der Waals surface area contributed by atoms with E-state index in [0.29, 0.717) is 30.4 Å². The fraction of sp³-hybridized carbons (Fsp3) is 0.0463. The van der Waals surface area contributed by atoms with Gasteiger partial charge in [-0.1, -0.05) is 404 Å². The summed E-state index contributed by atoms with van der Waals surface area (Å²) in [4.78, 5) is 19.8. The third-order valence-electron chi connectivity index (χ3n) is 18.5. The standard InChI is InChI=1S/4C18H15P.C15H9F2N.C10H8BrN.C6H5BF2O2.C4H10O2.CH2O3.2Na.Pd.H/c4*1-4-10-16(11-5-1)19(17-12-6-2-7-13-17)18-14-8-3-9-15-18;16-12-4-5-13(14(17)9-12)10-3-6-15-11(8-10)2-1-7-18-15;1-7-2-3-8-6-9(11)4-5-10(8)12-7;8-4-1-2-5(7(10)11)6(9)3-4;1-2-6-4-3-5;2-1-4-3;;;;/h4*1-15H;1-9H;2-6H,1H3;1-3,10-11H;5H,2-4H2,1H3;1,3H;;;;/q;;;;;;;;;2*+1;;-1/p-1. The Morgan fingerprint density at radius 3 is 0.938 bits per heavy atom. The number of aromatic nitrogens is 2. The fourth-order valence-electron chi connectivity index (χ4n) is 12.8. The molecule has 0 bridgehead atoms. The van der Waals surface area contributed by atoms with Crippen LogP contribution >= 0.6 is 47.6 Å². The third kappa shape index (κ3) is 35.4. The minimum absolute atomic E-state index is 0. The van der Waals surface area contributed by atoms with E-state index in [-0.39, 0.29) is 99.5 Å². The molecule has 0 fully saturated rings. The molecule has 2 aromatic heterocycles. The van der Waals surface area contributed by atoms with E-state index in [0.717, 1.165) is 44.8 Å². The summed E-state index contributed by atoms with van der Waals surface area (Å²) in [6, 6.07) is 155. The molecule has 3 N–H and O–H groups in total. The Bertz CT molecular complexity index is 5270. The first kappa shape index (κ1) is 107. The number of aliphatic hydroxyl groups excluding tert-OH is 1. The zero-order valence-corrected chi connectivity index (χ0v) is 82.8. The quantitative estimate of drug-likeness (QED) is 0.0145. The third-order valence-corrected chi connectivity index (χ3v) is 28.8. The Labute approximate surface area is 832 Å². The number of fused-ring (bicyclic) bond motifs is 2. The Kier molecular flexibility index (Phi) is 50.4. The topological polar surface area (TPSA) is 145 Å². The number of halogens is 5. The van der Waals surface area contributed by atoms with Crippen LogP contribution in [0.2, 0.25) is 0 Å². The maximum atomic E-state index is 13.7. The smallest absolute Gasteiger partial charge is 1.00 e. The number of benzene rings is 16. The molecule has 0 radical (unpaired) electrons. The minimum atomic E-state index is -1.89. The summed E-state index contributed by atoms with van der Waals surface area (Å²) in [5.74, 6) is -2.83. The maximum Gasteiger partial charge on any atom is 1.00 e. The van der Waals surface area contributed by atoms with Gasteiger partial charge in [-0.3, -0.25) is 14.8 Å². The van der Waals surface area contributed by atoms with Crippen LogP contribution in [0.3, 0.4) is 0 Å². The number of hydrogen-bond acceptors (Lipinski definition) is 9. The van der Waals surface area contributed by atoms with Crippen molar-refractivity contribution in [3.63, 3.8) is 0 Å². The van der Waals surface area contributed by atoms with Crippen LogP contribution in [0, 0.1) is 30.2 Å². The van der Waals surface area contributed by atoms with Gasteiger partial charge in [0.05, 0.1) is 24.2 Å². The molecule has 130 heavy (non-hydrogen) atoms. The van der Waals surface area contributed by atoms with Gasteiger partial charge in [0.15, 0.2) is 0 Å². The molecule has 0 aliphatic rings. The molecule has 0 amide bonds. The molecule has 18 aromatic rings. The second-order valence-corrected chi connectivity index (χ2v) is 37.1. The maximum absolute atomic E-state index is 13.7. The molecule has 18 rings (SSSR count). The number of carbonyl (C=O) groups excluding carboxylic acids is 1. The number of carbonyl (C=O) groups is 1. The van der Waals surface area contributed by atoms with Crippen LogP contribution in [0.25, 0.3) is 32.9 Å². The molecule has 9 nitrogen and oxygen atoms in total. The molecule has 0 spiro atoms. The van der Waals surface area contributed by atoms with E-state index in [9.17, 15) is 17.6 Å². The largest absolute Gasteiger partial charge is 1.00 e. The van der Waals surface area contributed by atoms with Crippen molar-refractivity contribution < 1.29 is 133 Å². The Morgan fingerprint density at radius 2 is 0.669 bits per heavy atom. The molecule has 0 unspecified atom stereocenters. The van der Waals surface area contributed by atoms with Crippen LogP contribution in [0.5, 0.6) is 0 Å². The van der Waals surface area contributed by atoms with Gasteiger partial charge in [0.25, 0.3) is 6.47 Å². The number of aliphatic hydroxyl groups is 1. The van der Waals surface area contributed by atoms with E-state index in [1.165, 1.54) is 81.2 Å². The van der Waals surface area contributed by atoms with Gasteiger partial charge in [-0.05, 0) is 175 Å². The van der Waals surface area contributed by atoms with Crippen LogP contribution in [-0.2, 0) is 34.8 Å². The van der Waals surface area contributed by atoms with E-state index in [1.807, 2.05) is 56.3 Å². The summed E-state index contributed by atoms with van der Waals surface area (Å²) in [5, 5.41) is 52.4. The van der Waals surface area contributed by atoms with Crippen LogP contribution < -0.4 is 133 Å². The van der Waals surface area contributed by atoms with Crippen molar-refractivity contribution in [3.8, 4) is 11.1 Å². The SMILES string of the molecule is CCOCCO.Cc1ccc2cc(Br)ccc2n1.Fc1ccc(-c2ccc3ncccc3c2)c(F)c1.O=CO[O-].OB(O)c1ccc(F)cc1F.[H-].[Na+].[Na+].[Pd].c1ccc(P(c2ccccc2)c2ccccc2)cc1.c1ccc(P(c2ccccc2)c2ccccc2)cc1.c1ccc(P(c2ccccc2)c2ccccc2)cc1.c1ccc(P(c2ccccc2)c2ccccc2)cc1. The first-order valence-electron chi connectivity index (χ1n) is 40.6. The fourth-order valence-corrected chi connectivity index (χ4v) is 22.4. The molecular formula is C108H94BBrF4N2Na2O7P4Pd. The zero-order valence-electron chi connectivity index (χ0n) is 73.1. The monoisotopic (exact) mass is 1970 g/mol. The van der Waals surface area contributed by atoms with Crippen molar-refractivity contribution in [1.82, 2.24) is 9.97 Å². The number of hydrogen-bond donors (Lipinski definition) is 3. The van der Waals surface area contributed by atoms with Gasteiger partial charge in [-0.15, -0.1) is 0 Å². The van der Waals surface area contributed by atoms with Gasteiger partial charge in [-0.2, -0.15) is 0 Å². The summed E-state index contributed by atoms with van der Waals surface area (Å²) in [6.45, 7) is 5.02. The van der Waals surface area contributed by atoms with E-state index in [2.05, 4.69) is 407 Å². The van der Waals surface area contributed by atoms with Gasteiger partial charge in [0.1, 0.15) is 23.3 Å². The summed E-state index contributed by atoms with van der Waals surface area (Å²) in [5.41, 5.74) is 3.74. The second-order valence-electron chi connectivity index (χ2n) is 27.3. The van der Waals surface area contributed by atoms with Gasteiger partial charge < -0.3 is 31.5 Å². The van der Waals surface area contributed by atoms with E-state index in [4.69, 9.17) is 29.9 Å². The molecule has 0 saturated carbocycles. The molecule has 0 atom stereocenters. The molecule has 0 aliphatic carbocycles. The van der Waals surface area contributed by atoms with Crippen LogP contribution in [0.4, 0.5) is 17.6 Å². The van der Waals surface area contributed by atoms with Gasteiger partial charge in [0.2, 0.25) is 0 Å². The molecule has 2 heterocycles. The van der Waals surface area contributed by atoms with Crippen molar-refractivity contribution in [2.24, 2.45) is 0 Å². The molecule has 0 aliphatic heterocycles. The molecule has 648 valence electrons. The zero-order chi connectivity index (χ0) is 89.4. The van der Waals surface area contributed by atoms with E-state index < -0.39 is 62.1 Å². The number of aryl methyl sites for hydroxylation is 1. The number of rotatable bonds is 18. The Hall–Kier alpha value is -9.74. The van der Waals surface area contributed by atoms with Crippen molar-refractivity contribution in [2.45, 2.75) is 13.8 Å². The first-order chi connectivity index (χ1) is 62.2. The minimum Gasteiger partial charge on any atom is -1.00 e. The average molecular weight is 1970 g/mol. The van der Waals surface area contributed by atoms with Gasteiger partial charge in [0, 0.05) is 77.3 Å². The van der Waals surface area contributed by atoms with Gasteiger partial charge in [-0.25, -0.2) is 17.6 Å². The van der Waals surface area contributed by atoms with Crippen molar-refractivity contribution in [2.75, 3.05) is 19.8 Å². The molecular weight excluding hydrogens is 1880 g/mol. The summed E-state index contributed by atoms with van der Waals surface area (Å²) >= 11 is 3.42. The normalized spacial score (nSPS) is 10.1. The van der Waals surface area contributed by atoms with Crippen LogP contribution in [0.1, 0.15) is 14.0 Å². The predicted molar refractivity (Wildman–Crippen MR) is 530 cm³/mol. The Morgan fingerprint density at radius 1 is 0.377 bits per heavy atom. The van der Waals surface area contributed by atoms with Crippen LogP contribution in [-0.4, -0.2) is 58.5 Å². The molecule has 16 aromatic carbocycles. The van der Waals surface area contributed by atoms with Crippen molar-refractivity contribution >= 4 is 152 Å². The molecule has 0 saturated heterocycles. The van der Waals surface area contributed by atoms with E-state index in [1.54, 1.807) is 12.3 Å². The predicted octanol–water partition coefficient (Wildman–Crippen LogP) is 13.5. The van der Waals surface area contributed by atoms with Crippen molar-refractivity contribution in [1.29, 1.82) is 0 Å². The number of pyridine rings is 2. The Balaban J connectivity index is 0.000000231. The summed E-state index contributed by atoms with van der Waals surface area (Å²) in [7, 11) is -3.68. The summed E-state index contributed by atoms with van der Waals surface area (Å²) < 4.78 is 57.1. The second kappa shape index (κ2) is 61.1.